The number of thiophene rings is 1. The van der Waals surface area contributed by atoms with E-state index in [9.17, 15) is 13.2 Å². The molecule has 0 bridgehead atoms. The standard InChI is InChI=1S/C13H17F3N4S/c1-4-17-12-18-10(20(3)6-5-13(14,15)16)9-7-8(2)21-11(9)19-12/h7H,4-6H2,1-3H3,(H,17,18,19). The lowest BCUT2D eigenvalue weighted by Gasteiger charge is -2.20. The molecule has 21 heavy (non-hydrogen) atoms. The van der Waals surface area contributed by atoms with Crippen LogP contribution in [0.2, 0.25) is 0 Å². The average Bonchev–Trinajstić information content (AvgIpc) is 2.74. The second-order valence-electron chi connectivity index (χ2n) is 4.76. The summed E-state index contributed by atoms with van der Waals surface area (Å²) in [6, 6.07) is 1.91. The van der Waals surface area contributed by atoms with Gasteiger partial charge in [0.15, 0.2) is 0 Å². The third kappa shape index (κ3) is 3.96. The quantitative estimate of drug-likeness (QED) is 0.910. The average molecular weight is 318 g/mol. The van der Waals surface area contributed by atoms with Crippen LogP contribution in [-0.2, 0) is 0 Å². The summed E-state index contributed by atoms with van der Waals surface area (Å²) >= 11 is 1.51. The molecule has 0 aliphatic rings. The molecule has 2 aromatic heterocycles. The zero-order chi connectivity index (χ0) is 15.6. The van der Waals surface area contributed by atoms with Crippen LogP contribution in [0.15, 0.2) is 6.07 Å². The predicted octanol–water partition coefficient (Wildman–Crippen LogP) is 3.82. The number of nitrogens with zero attached hydrogens (tertiary/aromatic N) is 3. The van der Waals surface area contributed by atoms with Crippen molar-refractivity contribution in [3.8, 4) is 0 Å². The minimum absolute atomic E-state index is 0.129. The minimum atomic E-state index is -4.17. The van der Waals surface area contributed by atoms with Gasteiger partial charge < -0.3 is 10.2 Å². The molecule has 0 amide bonds. The van der Waals surface area contributed by atoms with E-state index in [4.69, 9.17) is 0 Å². The van der Waals surface area contributed by atoms with Gasteiger partial charge in [-0.3, -0.25) is 0 Å². The zero-order valence-corrected chi connectivity index (χ0v) is 12.9. The van der Waals surface area contributed by atoms with Gasteiger partial charge in [-0.1, -0.05) is 0 Å². The summed E-state index contributed by atoms with van der Waals surface area (Å²) in [4.78, 5) is 12.1. The summed E-state index contributed by atoms with van der Waals surface area (Å²) < 4.78 is 37.1. The molecule has 0 spiro atoms. The van der Waals surface area contributed by atoms with Crippen LogP contribution < -0.4 is 10.2 Å². The Labute approximate surface area is 125 Å². The first-order chi connectivity index (χ1) is 9.80. The van der Waals surface area contributed by atoms with Gasteiger partial charge in [0.25, 0.3) is 0 Å². The summed E-state index contributed by atoms with van der Waals surface area (Å²) in [5.41, 5.74) is 0. The van der Waals surface area contributed by atoms with Crippen molar-refractivity contribution in [3.05, 3.63) is 10.9 Å². The third-order valence-electron chi connectivity index (χ3n) is 2.92. The van der Waals surface area contributed by atoms with Crippen molar-refractivity contribution in [1.29, 1.82) is 0 Å². The largest absolute Gasteiger partial charge is 0.390 e. The first kappa shape index (κ1) is 15.8. The van der Waals surface area contributed by atoms with Crippen LogP contribution in [0.3, 0.4) is 0 Å². The second-order valence-corrected chi connectivity index (χ2v) is 6.00. The van der Waals surface area contributed by atoms with Crippen LogP contribution in [-0.4, -0.2) is 36.3 Å². The molecule has 1 N–H and O–H groups in total. The maximum Gasteiger partial charge on any atom is 0.390 e. The first-order valence-corrected chi connectivity index (χ1v) is 7.41. The lowest BCUT2D eigenvalue weighted by atomic mass is 10.3. The highest BCUT2D eigenvalue weighted by molar-refractivity contribution is 7.18. The molecule has 0 aliphatic carbocycles. The van der Waals surface area contributed by atoms with E-state index in [2.05, 4.69) is 15.3 Å². The molecule has 0 saturated heterocycles. The fourth-order valence-electron chi connectivity index (χ4n) is 1.96. The van der Waals surface area contributed by atoms with Crippen molar-refractivity contribution in [1.82, 2.24) is 9.97 Å². The Morgan fingerprint density at radius 2 is 2.05 bits per heavy atom. The fourth-order valence-corrected chi connectivity index (χ4v) is 2.83. The number of aryl methyl sites for hydroxylation is 1. The van der Waals surface area contributed by atoms with Gasteiger partial charge in [-0.2, -0.15) is 18.2 Å². The molecule has 8 heteroatoms. The number of nitrogens with one attached hydrogen (secondary N) is 1. The molecule has 0 unspecified atom stereocenters. The van der Waals surface area contributed by atoms with Gasteiger partial charge in [0.1, 0.15) is 10.6 Å². The van der Waals surface area contributed by atoms with E-state index in [0.717, 1.165) is 15.1 Å². The number of aromatic nitrogens is 2. The smallest absolute Gasteiger partial charge is 0.359 e. The lowest BCUT2D eigenvalue weighted by Crippen LogP contribution is -2.25. The van der Waals surface area contributed by atoms with Crippen LogP contribution in [0.1, 0.15) is 18.2 Å². The molecule has 2 aromatic rings. The van der Waals surface area contributed by atoms with Crippen molar-refractivity contribution in [3.63, 3.8) is 0 Å². The molecule has 4 nitrogen and oxygen atoms in total. The van der Waals surface area contributed by atoms with Crippen LogP contribution in [0.4, 0.5) is 24.9 Å². The molecule has 0 saturated carbocycles. The summed E-state index contributed by atoms with van der Waals surface area (Å²) in [6.07, 6.45) is -5.04. The monoisotopic (exact) mass is 318 g/mol. The maximum absolute atomic E-state index is 12.4. The van der Waals surface area contributed by atoms with E-state index in [0.29, 0.717) is 18.3 Å². The van der Waals surface area contributed by atoms with Crippen LogP contribution in [0.25, 0.3) is 10.2 Å². The molecule has 0 atom stereocenters. The molecule has 0 aromatic carbocycles. The summed E-state index contributed by atoms with van der Waals surface area (Å²) in [5.74, 6) is 0.977. The van der Waals surface area contributed by atoms with Gasteiger partial charge >= 0.3 is 6.18 Å². The number of hydrogen-bond donors (Lipinski definition) is 1. The van der Waals surface area contributed by atoms with E-state index in [1.807, 2.05) is 19.9 Å². The highest BCUT2D eigenvalue weighted by atomic mass is 32.1. The topological polar surface area (TPSA) is 41.1 Å². The number of fused-ring (bicyclic) bond motifs is 1. The Bertz CT molecular complexity index is 624. The molecule has 0 radical (unpaired) electrons. The lowest BCUT2D eigenvalue weighted by molar-refractivity contribution is -0.132. The number of halogens is 3. The number of hydrogen-bond acceptors (Lipinski definition) is 5. The molecule has 2 rings (SSSR count). The van der Waals surface area contributed by atoms with Crippen molar-refractivity contribution >= 4 is 33.3 Å². The van der Waals surface area contributed by atoms with E-state index in [1.165, 1.54) is 16.2 Å². The molecule has 116 valence electrons. The van der Waals surface area contributed by atoms with Gasteiger partial charge in [-0.15, -0.1) is 11.3 Å². The van der Waals surface area contributed by atoms with E-state index in [-0.39, 0.29) is 6.54 Å². The number of anilines is 2. The highest BCUT2D eigenvalue weighted by Gasteiger charge is 2.28. The van der Waals surface area contributed by atoms with E-state index in [1.54, 1.807) is 7.05 Å². The molecular formula is C13H17F3N4S. The van der Waals surface area contributed by atoms with Gasteiger partial charge in [0.2, 0.25) is 5.95 Å². The van der Waals surface area contributed by atoms with Crippen molar-refractivity contribution in [2.75, 3.05) is 30.4 Å². The second kappa shape index (κ2) is 6.05. The van der Waals surface area contributed by atoms with Crippen molar-refractivity contribution < 1.29 is 13.2 Å². The summed E-state index contributed by atoms with van der Waals surface area (Å²) in [7, 11) is 1.62. The highest BCUT2D eigenvalue weighted by Crippen LogP contribution is 2.32. The Kier molecular flexibility index (Phi) is 4.55. The molecule has 0 fully saturated rings. The van der Waals surface area contributed by atoms with Crippen LogP contribution in [0.5, 0.6) is 0 Å². The first-order valence-electron chi connectivity index (χ1n) is 6.60. The van der Waals surface area contributed by atoms with Gasteiger partial charge in [0.05, 0.1) is 11.8 Å². The SMILES string of the molecule is CCNc1nc(N(C)CCC(F)(F)F)c2cc(C)sc2n1. The number of alkyl halides is 3. The molecule has 0 aliphatic heterocycles. The Balaban J connectivity index is 2.35. The molecular weight excluding hydrogens is 301 g/mol. The summed E-state index contributed by atoms with van der Waals surface area (Å²) in [5, 5.41) is 3.81. The summed E-state index contributed by atoms with van der Waals surface area (Å²) in [6.45, 7) is 4.39. The van der Waals surface area contributed by atoms with Gasteiger partial charge in [0, 0.05) is 25.0 Å². The Morgan fingerprint density at radius 1 is 1.33 bits per heavy atom. The van der Waals surface area contributed by atoms with E-state index < -0.39 is 12.6 Å². The zero-order valence-electron chi connectivity index (χ0n) is 12.1. The minimum Gasteiger partial charge on any atom is -0.359 e. The van der Waals surface area contributed by atoms with Crippen LogP contribution >= 0.6 is 11.3 Å². The maximum atomic E-state index is 12.4. The van der Waals surface area contributed by atoms with Crippen molar-refractivity contribution in [2.45, 2.75) is 26.4 Å². The Morgan fingerprint density at radius 3 is 2.67 bits per heavy atom. The predicted molar refractivity (Wildman–Crippen MR) is 80.3 cm³/mol. The van der Waals surface area contributed by atoms with E-state index >= 15 is 0 Å². The molecule has 2 heterocycles. The Hall–Kier alpha value is -1.57. The van der Waals surface area contributed by atoms with Gasteiger partial charge in [-0.05, 0) is 19.9 Å². The third-order valence-corrected chi connectivity index (χ3v) is 3.87. The van der Waals surface area contributed by atoms with Crippen LogP contribution in [0, 0.1) is 6.92 Å². The van der Waals surface area contributed by atoms with Crippen molar-refractivity contribution in [2.24, 2.45) is 0 Å². The van der Waals surface area contributed by atoms with Gasteiger partial charge in [-0.25, -0.2) is 4.98 Å². The number of rotatable bonds is 5. The fraction of sp³-hybridized carbons (Fsp3) is 0.538. The normalized spacial score (nSPS) is 11.9.